The maximum atomic E-state index is 10.9. The molecule has 0 aliphatic carbocycles. The molecule has 1 aromatic heterocycles. The van der Waals surface area contributed by atoms with Crippen LogP contribution >= 0.6 is 11.3 Å². The number of carbonyl (C=O) groups is 1. The Morgan fingerprint density at radius 1 is 1.39 bits per heavy atom. The van der Waals surface area contributed by atoms with Gasteiger partial charge in [0.2, 0.25) is 0 Å². The van der Waals surface area contributed by atoms with Crippen LogP contribution in [0.3, 0.4) is 0 Å². The molecule has 0 bridgehead atoms. The third-order valence-corrected chi connectivity index (χ3v) is 3.24. The third kappa shape index (κ3) is 2.54. The lowest BCUT2D eigenvalue weighted by atomic mass is 10.0. The summed E-state index contributed by atoms with van der Waals surface area (Å²) in [5.74, 6) is -1.17. The van der Waals surface area contributed by atoms with Crippen LogP contribution in [0.15, 0.2) is 35.0 Å². The average Bonchev–Trinajstić information content (AvgIpc) is 2.81. The van der Waals surface area contributed by atoms with E-state index >= 15 is 0 Å². The van der Waals surface area contributed by atoms with Crippen LogP contribution < -0.4 is 0 Å². The Labute approximate surface area is 106 Å². The predicted octanol–water partition coefficient (Wildman–Crippen LogP) is 2.95. The van der Waals surface area contributed by atoms with Gasteiger partial charge in [-0.3, -0.25) is 10.1 Å². The van der Waals surface area contributed by atoms with Crippen molar-refractivity contribution in [2.75, 3.05) is 0 Å². The van der Waals surface area contributed by atoms with E-state index in [0.29, 0.717) is 12.0 Å². The quantitative estimate of drug-likeness (QED) is 0.679. The number of benzene rings is 1. The van der Waals surface area contributed by atoms with Gasteiger partial charge in [0.1, 0.15) is 0 Å². The molecule has 18 heavy (non-hydrogen) atoms. The van der Waals surface area contributed by atoms with Crippen molar-refractivity contribution < 1.29 is 14.8 Å². The zero-order valence-electron chi connectivity index (χ0n) is 9.20. The van der Waals surface area contributed by atoms with Crippen molar-refractivity contribution in [3.05, 3.63) is 61.8 Å². The first-order valence-electron chi connectivity index (χ1n) is 5.09. The van der Waals surface area contributed by atoms with Crippen LogP contribution in [0.2, 0.25) is 0 Å². The van der Waals surface area contributed by atoms with Crippen molar-refractivity contribution in [3.8, 4) is 0 Å². The minimum atomic E-state index is -1.17. The summed E-state index contributed by atoms with van der Waals surface area (Å²) in [6.07, 6.45) is 0.430. The summed E-state index contributed by atoms with van der Waals surface area (Å²) >= 11 is 1.52. The second-order valence-electron chi connectivity index (χ2n) is 3.71. The van der Waals surface area contributed by atoms with Gasteiger partial charge in [-0.1, -0.05) is 6.07 Å². The summed E-state index contributed by atoms with van der Waals surface area (Å²) in [7, 11) is 0. The molecule has 0 atom stereocenters. The number of aromatic carboxylic acids is 1. The number of nitro benzene ring substituents is 1. The fourth-order valence-corrected chi connectivity index (χ4v) is 2.30. The Morgan fingerprint density at radius 3 is 2.72 bits per heavy atom. The zero-order valence-corrected chi connectivity index (χ0v) is 10.0. The second-order valence-corrected chi connectivity index (χ2v) is 4.49. The van der Waals surface area contributed by atoms with Crippen molar-refractivity contribution in [1.82, 2.24) is 0 Å². The van der Waals surface area contributed by atoms with Crippen LogP contribution in [0.1, 0.15) is 21.5 Å². The Bertz CT molecular complexity index is 592. The van der Waals surface area contributed by atoms with E-state index in [1.807, 2.05) is 16.8 Å². The molecule has 1 heterocycles. The molecule has 0 saturated carbocycles. The van der Waals surface area contributed by atoms with Gasteiger partial charge in [0.05, 0.1) is 10.5 Å². The molecule has 1 aromatic carbocycles. The Morgan fingerprint density at radius 2 is 2.17 bits per heavy atom. The molecule has 0 aliphatic rings. The molecule has 1 N–H and O–H groups in total. The standard InChI is InChI=1S/C12H9NO4S/c14-12(15)10-2-1-9(11(6-10)13(16)17)5-8-3-4-18-7-8/h1-4,6-7H,5H2,(H,14,15). The largest absolute Gasteiger partial charge is 0.478 e. The summed E-state index contributed by atoms with van der Waals surface area (Å²) in [6.45, 7) is 0. The summed E-state index contributed by atoms with van der Waals surface area (Å²) in [5.41, 5.74) is 1.27. The van der Waals surface area contributed by atoms with E-state index in [9.17, 15) is 14.9 Å². The van der Waals surface area contributed by atoms with Gasteiger partial charge in [-0.15, -0.1) is 0 Å². The first kappa shape index (κ1) is 12.3. The molecular formula is C12H9NO4S. The molecule has 0 amide bonds. The fraction of sp³-hybridized carbons (Fsp3) is 0.0833. The van der Waals surface area contributed by atoms with E-state index in [1.54, 1.807) is 0 Å². The van der Waals surface area contributed by atoms with Gasteiger partial charge in [-0.25, -0.2) is 4.79 Å². The van der Waals surface area contributed by atoms with Gasteiger partial charge in [0.15, 0.2) is 0 Å². The maximum Gasteiger partial charge on any atom is 0.335 e. The number of carboxylic acids is 1. The van der Waals surface area contributed by atoms with E-state index < -0.39 is 10.9 Å². The van der Waals surface area contributed by atoms with Crippen LogP contribution in [0.4, 0.5) is 5.69 Å². The minimum Gasteiger partial charge on any atom is -0.478 e. The number of rotatable bonds is 4. The van der Waals surface area contributed by atoms with Gasteiger partial charge in [-0.05, 0) is 28.5 Å². The summed E-state index contributed by atoms with van der Waals surface area (Å²) in [6, 6.07) is 5.87. The van der Waals surface area contributed by atoms with Crippen molar-refractivity contribution in [3.63, 3.8) is 0 Å². The van der Waals surface area contributed by atoms with Crippen molar-refractivity contribution >= 4 is 23.0 Å². The Hall–Kier alpha value is -2.21. The Balaban J connectivity index is 2.40. The smallest absolute Gasteiger partial charge is 0.335 e. The molecule has 0 radical (unpaired) electrons. The Kier molecular flexibility index (Phi) is 3.38. The normalized spacial score (nSPS) is 10.2. The molecule has 5 nitrogen and oxygen atoms in total. The highest BCUT2D eigenvalue weighted by atomic mass is 32.1. The fourth-order valence-electron chi connectivity index (χ4n) is 1.63. The lowest BCUT2D eigenvalue weighted by molar-refractivity contribution is -0.385. The van der Waals surface area contributed by atoms with Crippen LogP contribution in [0, 0.1) is 10.1 Å². The number of thiophene rings is 1. The topological polar surface area (TPSA) is 80.4 Å². The molecule has 2 rings (SSSR count). The monoisotopic (exact) mass is 263 g/mol. The molecule has 2 aromatic rings. The average molecular weight is 263 g/mol. The number of nitrogens with zero attached hydrogens (tertiary/aromatic N) is 1. The molecule has 6 heteroatoms. The van der Waals surface area contributed by atoms with Gasteiger partial charge in [-0.2, -0.15) is 11.3 Å². The SMILES string of the molecule is O=C(O)c1ccc(Cc2ccsc2)c([N+](=O)[O-])c1. The van der Waals surface area contributed by atoms with Crippen LogP contribution in [-0.2, 0) is 6.42 Å². The second kappa shape index (κ2) is 4.97. The zero-order chi connectivity index (χ0) is 13.1. The molecule has 0 spiro atoms. The molecular weight excluding hydrogens is 254 g/mol. The molecule has 92 valence electrons. The summed E-state index contributed by atoms with van der Waals surface area (Å²) < 4.78 is 0. The lowest BCUT2D eigenvalue weighted by Crippen LogP contribution is -2.01. The first-order chi connectivity index (χ1) is 8.58. The van der Waals surface area contributed by atoms with E-state index in [4.69, 9.17) is 5.11 Å². The van der Waals surface area contributed by atoms with E-state index in [1.165, 1.54) is 23.5 Å². The van der Waals surface area contributed by atoms with Gasteiger partial charge >= 0.3 is 5.97 Å². The van der Waals surface area contributed by atoms with Crippen LogP contribution in [-0.4, -0.2) is 16.0 Å². The highest BCUT2D eigenvalue weighted by Gasteiger charge is 2.17. The molecule has 0 saturated heterocycles. The van der Waals surface area contributed by atoms with Gasteiger partial charge < -0.3 is 5.11 Å². The van der Waals surface area contributed by atoms with Gasteiger partial charge in [0.25, 0.3) is 5.69 Å². The van der Waals surface area contributed by atoms with E-state index in [2.05, 4.69) is 0 Å². The number of carboxylic acid groups (broad SMARTS) is 1. The molecule has 0 aliphatic heterocycles. The first-order valence-corrected chi connectivity index (χ1v) is 6.04. The van der Waals surface area contributed by atoms with E-state index in [-0.39, 0.29) is 11.3 Å². The third-order valence-electron chi connectivity index (χ3n) is 2.50. The van der Waals surface area contributed by atoms with E-state index in [0.717, 1.165) is 11.6 Å². The molecule has 0 unspecified atom stereocenters. The van der Waals surface area contributed by atoms with Crippen molar-refractivity contribution in [1.29, 1.82) is 0 Å². The highest BCUT2D eigenvalue weighted by Crippen LogP contribution is 2.24. The number of hydrogen-bond donors (Lipinski definition) is 1. The van der Waals surface area contributed by atoms with Crippen LogP contribution in [0.25, 0.3) is 0 Å². The van der Waals surface area contributed by atoms with Crippen LogP contribution in [0.5, 0.6) is 0 Å². The highest BCUT2D eigenvalue weighted by molar-refractivity contribution is 7.07. The maximum absolute atomic E-state index is 10.9. The van der Waals surface area contributed by atoms with Crippen molar-refractivity contribution in [2.24, 2.45) is 0 Å². The van der Waals surface area contributed by atoms with Gasteiger partial charge in [0, 0.05) is 18.1 Å². The summed E-state index contributed by atoms with van der Waals surface area (Å²) in [4.78, 5) is 21.2. The molecule has 0 fully saturated rings. The minimum absolute atomic E-state index is 0.0734. The number of hydrogen-bond acceptors (Lipinski definition) is 4. The predicted molar refractivity (Wildman–Crippen MR) is 67.2 cm³/mol. The summed E-state index contributed by atoms with van der Waals surface area (Å²) in [5, 5.41) is 23.6. The lowest BCUT2D eigenvalue weighted by Gasteiger charge is -2.03. The van der Waals surface area contributed by atoms with Crippen molar-refractivity contribution in [2.45, 2.75) is 6.42 Å². The number of nitro groups is 1.